The average molecular weight is 354 g/mol. The molecule has 3 rings (SSSR count). The zero-order chi connectivity index (χ0) is 17.5. The van der Waals surface area contributed by atoms with Crippen LogP contribution in [-0.2, 0) is 12.2 Å². The molecule has 0 saturated carbocycles. The molecule has 0 radical (unpaired) electrons. The van der Waals surface area contributed by atoms with Crippen molar-refractivity contribution in [2.24, 2.45) is 0 Å². The van der Waals surface area contributed by atoms with Crippen LogP contribution in [0.5, 0.6) is 11.5 Å². The molecule has 0 fully saturated rings. The molecule has 6 heteroatoms. The topological polar surface area (TPSA) is 66.0 Å². The normalized spacial score (nSPS) is 10.8. The van der Waals surface area contributed by atoms with Crippen molar-refractivity contribution >= 4 is 11.8 Å². The molecule has 0 saturated heterocycles. The van der Waals surface area contributed by atoms with Crippen molar-refractivity contribution in [2.75, 3.05) is 5.84 Å². The number of aromatic nitrogens is 3. The Kier molecular flexibility index (Phi) is 5.95. The largest absolute Gasteiger partial charge is 0.457 e. The molecule has 130 valence electrons. The van der Waals surface area contributed by atoms with Crippen LogP contribution in [0.2, 0.25) is 0 Å². The summed E-state index contributed by atoms with van der Waals surface area (Å²) in [4.78, 5) is 0. The van der Waals surface area contributed by atoms with Crippen molar-refractivity contribution in [3.8, 4) is 11.5 Å². The van der Waals surface area contributed by atoms with E-state index in [0.29, 0.717) is 0 Å². The lowest BCUT2D eigenvalue weighted by molar-refractivity contribution is 0.482. The molecule has 2 N–H and O–H groups in total. The van der Waals surface area contributed by atoms with Crippen molar-refractivity contribution in [3.05, 3.63) is 66.0 Å². The lowest BCUT2D eigenvalue weighted by Gasteiger charge is -2.07. The van der Waals surface area contributed by atoms with E-state index in [2.05, 4.69) is 23.2 Å². The first-order chi connectivity index (χ1) is 12.3. The van der Waals surface area contributed by atoms with Gasteiger partial charge in [0.05, 0.1) is 0 Å². The van der Waals surface area contributed by atoms with Gasteiger partial charge in [-0.2, -0.15) is 0 Å². The number of hydrogen-bond donors (Lipinski definition) is 1. The third-order valence-corrected chi connectivity index (χ3v) is 4.75. The minimum absolute atomic E-state index is 0.737. The second-order valence-electron chi connectivity index (χ2n) is 5.72. The van der Waals surface area contributed by atoms with E-state index in [4.69, 9.17) is 10.6 Å². The molecule has 3 aromatic rings. The summed E-state index contributed by atoms with van der Waals surface area (Å²) in [6.07, 6.45) is 3.05. The first-order valence-electron chi connectivity index (χ1n) is 8.40. The average Bonchev–Trinajstić information content (AvgIpc) is 2.99. The van der Waals surface area contributed by atoms with E-state index in [1.54, 1.807) is 16.4 Å². The highest BCUT2D eigenvalue weighted by Crippen LogP contribution is 2.26. The summed E-state index contributed by atoms with van der Waals surface area (Å²) in [5.74, 6) is 9.33. The highest BCUT2D eigenvalue weighted by molar-refractivity contribution is 7.98. The fraction of sp³-hybridized carbons (Fsp3) is 0.263. The van der Waals surface area contributed by atoms with Gasteiger partial charge in [-0.05, 0) is 36.2 Å². The van der Waals surface area contributed by atoms with Gasteiger partial charge < -0.3 is 10.6 Å². The summed E-state index contributed by atoms with van der Waals surface area (Å²) in [6.45, 7) is 2.15. The van der Waals surface area contributed by atoms with Crippen LogP contribution in [0.1, 0.15) is 31.2 Å². The monoisotopic (exact) mass is 354 g/mol. The maximum atomic E-state index is 6.09. The number of unbranched alkanes of at least 4 members (excludes halogenated alkanes) is 1. The maximum absolute atomic E-state index is 6.09. The van der Waals surface area contributed by atoms with E-state index in [1.807, 2.05) is 48.5 Å². The smallest absolute Gasteiger partial charge is 0.210 e. The summed E-state index contributed by atoms with van der Waals surface area (Å²) < 4.78 is 7.48. The van der Waals surface area contributed by atoms with E-state index < -0.39 is 0 Å². The Bertz CT molecular complexity index is 804. The molecule has 0 spiro atoms. The van der Waals surface area contributed by atoms with Gasteiger partial charge in [-0.25, -0.2) is 4.68 Å². The molecule has 0 atom stereocenters. The molecule has 0 aliphatic heterocycles. The Hall–Kier alpha value is -2.47. The number of aryl methyl sites for hydroxylation is 1. The highest BCUT2D eigenvalue weighted by Gasteiger charge is 2.10. The summed E-state index contributed by atoms with van der Waals surface area (Å²) in [7, 11) is 0. The summed E-state index contributed by atoms with van der Waals surface area (Å²) >= 11 is 1.58. The second-order valence-corrected chi connectivity index (χ2v) is 6.67. The molecule has 0 aliphatic rings. The molecule has 1 heterocycles. The van der Waals surface area contributed by atoms with Crippen LogP contribution >= 0.6 is 11.8 Å². The molecule has 2 aromatic carbocycles. The van der Waals surface area contributed by atoms with Crippen LogP contribution < -0.4 is 10.6 Å². The van der Waals surface area contributed by atoms with E-state index in [-0.39, 0.29) is 0 Å². The second kappa shape index (κ2) is 8.58. The summed E-state index contributed by atoms with van der Waals surface area (Å²) in [6, 6.07) is 17.8. The predicted octanol–water partition coefficient (Wildman–Crippen LogP) is 4.42. The van der Waals surface area contributed by atoms with Gasteiger partial charge in [-0.1, -0.05) is 55.4 Å². The van der Waals surface area contributed by atoms with Gasteiger partial charge in [-0.15, -0.1) is 10.2 Å². The van der Waals surface area contributed by atoms with Crippen LogP contribution in [0.4, 0.5) is 0 Å². The Morgan fingerprint density at radius 1 is 1.04 bits per heavy atom. The molecular weight excluding hydrogens is 332 g/mol. The van der Waals surface area contributed by atoms with Gasteiger partial charge in [0.15, 0.2) is 5.82 Å². The van der Waals surface area contributed by atoms with E-state index in [9.17, 15) is 0 Å². The zero-order valence-corrected chi connectivity index (χ0v) is 15.1. The lowest BCUT2D eigenvalue weighted by atomic mass is 10.2. The van der Waals surface area contributed by atoms with Gasteiger partial charge in [0.1, 0.15) is 11.5 Å². The van der Waals surface area contributed by atoms with Crippen molar-refractivity contribution in [2.45, 2.75) is 37.1 Å². The van der Waals surface area contributed by atoms with Crippen molar-refractivity contribution in [3.63, 3.8) is 0 Å². The van der Waals surface area contributed by atoms with Gasteiger partial charge in [0.25, 0.3) is 0 Å². The molecule has 0 bridgehead atoms. The number of nitrogen functional groups attached to an aromatic ring is 1. The zero-order valence-electron chi connectivity index (χ0n) is 14.3. The lowest BCUT2D eigenvalue weighted by Crippen LogP contribution is -2.14. The molecule has 25 heavy (non-hydrogen) atoms. The number of nitrogens with zero attached hydrogens (tertiary/aromatic N) is 3. The van der Waals surface area contributed by atoms with Gasteiger partial charge >= 0.3 is 0 Å². The van der Waals surface area contributed by atoms with E-state index >= 15 is 0 Å². The first-order valence-corrected chi connectivity index (χ1v) is 9.39. The van der Waals surface area contributed by atoms with Crippen molar-refractivity contribution in [1.29, 1.82) is 0 Å². The maximum Gasteiger partial charge on any atom is 0.210 e. The van der Waals surface area contributed by atoms with Crippen molar-refractivity contribution < 1.29 is 4.74 Å². The van der Waals surface area contributed by atoms with Gasteiger partial charge in [0, 0.05) is 12.2 Å². The first kappa shape index (κ1) is 17.4. The molecule has 1 aromatic heterocycles. The Morgan fingerprint density at radius 2 is 1.84 bits per heavy atom. The fourth-order valence-electron chi connectivity index (χ4n) is 2.38. The van der Waals surface area contributed by atoms with E-state index in [1.165, 1.54) is 0 Å². The summed E-state index contributed by atoms with van der Waals surface area (Å²) in [5.41, 5.74) is 1.15. The molecular formula is C19H22N4OS. The fourth-order valence-corrected chi connectivity index (χ4v) is 3.20. The number of ether oxygens (including phenoxy) is 1. The minimum atomic E-state index is 0.737. The number of hydrogen-bond acceptors (Lipinski definition) is 5. The minimum Gasteiger partial charge on any atom is -0.457 e. The predicted molar refractivity (Wildman–Crippen MR) is 101 cm³/mol. The van der Waals surface area contributed by atoms with Crippen LogP contribution in [-0.4, -0.2) is 14.9 Å². The molecule has 0 aliphatic carbocycles. The van der Waals surface area contributed by atoms with Crippen molar-refractivity contribution in [1.82, 2.24) is 14.9 Å². The number of nitrogens with two attached hydrogens (primary N) is 1. The third-order valence-electron chi connectivity index (χ3n) is 3.73. The molecule has 0 amide bonds. The van der Waals surface area contributed by atoms with Crippen LogP contribution in [0.25, 0.3) is 0 Å². The van der Waals surface area contributed by atoms with Gasteiger partial charge in [0.2, 0.25) is 5.16 Å². The number of benzene rings is 2. The summed E-state index contributed by atoms with van der Waals surface area (Å²) in [5, 5.41) is 9.11. The highest BCUT2D eigenvalue weighted by atomic mass is 32.2. The van der Waals surface area contributed by atoms with Crippen LogP contribution in [0.15, 0.2) is 59.8 Å². The third kappa shape index (κ3) is 4.76. The Morgan fingerprint density at radius 3 is 2.64 bits per heavy atom. The standard InChI is InChI=1S/C19H22N4OS/c1-2-3-12-18-21-22-19(23(18)20)25-14-15-8-7-11-17(13-15)24-16-9-5-4-6-10-16/h4-11,13H,2-3,12,14,20H2,1H3. The van der Waals surface area contributed by atoms with Crippen LogP contribution in [0, 0.1) is 0 Å². The van der Waals surface area contributed by atoms with Crippen LogP contribution in [0.3, 0.4) is 0 Å². The number of rotatable bonds is 8. The molecule has 0 unspecified atom stereocenters. The van der Waals surface area contributed by atoms with E-state index in [0.717, 1.165) is 53.1 Å². The Balaban J connectivity index is 1.62. The number of para-hydroxylation sites is 1. The SMILES string of the molecule is CCCCc1nnc(SCc2cccc(Oc3ccccc3)c2)n1N. The Labute approximate surface area is 152 Å². The number of thioether (sulfide) groups is 1. The van der Waals surface area contributed by atoms with Gasteiger partial charge in [-0.3, -0.25) is 0 Å². The quantitative estimate of drug-likeness (QED) is 0.479. The molecule has 5 nitrogen and oxygen atoms in total.